The molecule has 6 bridgehead atoms. The number of amides is 12. The van der Waals surface area contributed by atoms with Gasteiger partial charge in [0.15, 0.2) is 0 Å². The fourth-order valence-corrected chi connectivity index (χ4v) is 12.5. The lowest BCUT2D eigenvalue weighted by Crippen LogP contribution is -2.55. The minimum atomic E-state index is -1.46. The summed E-state index contributed by atoms with van der Waals surface area (Å²) in [5.74, 6) is -11.8. The number of nitrogens with two attached hydrogens (primary N) is 2. The van der Waals surface area contributed by atoms with Crippen molar-refractivity contribution in [2.75, 3.05) is 19.7 Å². The summed E-state index contributed by atoms with van der Waals surface area (Å²) in [6, 6.07) is 0.481. The predicted octanol–water partition coefficient (Wildman–Crippen LogP) is -0.124. The van der Waals surface area contributed by atoms with Gasteiger partial charge in [0.2, 0.25) is 53.1 Å². The van der Waals surface area contributed by atoms with Gasteiger partial charge in [-0.15, -0.1) is 34.0 Å². The molecule has 2 aliphatic heterocycles. The summed E-state index contributed by atoms with van der Waals surface area (Å²) in [6.45, 7) is 9.01. The van der Waals surface area contributed by atoms with Gasteiger partial charge in [0.1, 0.15) is 92.0 Å². The topological polar surface area (TPSA) is 519 Å². The van der Waals surface area contributed by atoms with Crippen LogP contribution in [-0.2, 0) is 49.6 Å². The van der Waals surface area contributed by atoms with Crippen molar-refractivity contribution in [2.24, 2.45) is 11.5 Å². The van der Waals surface area contributed by atoms with Crippen LogP contribution in [0.25, 0.3) is 44.4 Å². The van der Waals surface area contributed by atoms with Gasteiger partial charge in [0, 0.05) is 59.0 Å². The van der Waals surface area contributed by atoms with Crippen LogP contribution in [0.2, 0.25) is 0 Å². The Morgan fingerprint density at radius 3 is 2.21 bits per heavy atom. The van der Waals surface area contributed by atoms with Crippen molar-refractivity contribution in [2.45, 2.75) is 101 Å². The number of H-pyrrole nitrogens is 1. The standard InChI is InChI=1S/C61H64N18O16S3/c1-26-48(84)68-28(3)56-75-39(22-95-56)47-32(11-12-35(71-47)58-77-40(24-97-58)53(89)67-27(2)49(85)73-36(14-16-45(63)82)60(92)79-17-7-10-43(79)61(93)94)50(86)74-37(18-30-19-64-33-9-6-5-8-31(30)33)51(87)65-20-46(83)70-38(21-80)59-78-41(25-98-59)54(90)69-29(4)57-76-42(23-96-57)55(91)72-34(52(88)66-26)13-15-44(62)81/h5-6,8-9,11-12,19,22-27,34,36-38,43,64,80H,3-4,7,10,13-18,20-21H2,1-2H3,(H2,62,81)(H2,63,82)(H,65,87)(H,66,88)(H,67,89)(H,68,84)(H,69,90)(H,70,83)(H,72,91)(H,73,85)(H,74,86)(H,93,94). The van der Waals surface area contributed by atoms with Gasteiger partial charge >= 0.3 is 5.97 Å². The number of likely N-dealkylation sites (tertiary alicyclic amines) is 1. The van der Waals surface area contributed by atoms with Crippen LogP contribution in [0.4, 0.5) is 0 Å². The van der Waals surface area contributed by atoms with Gasteiger partial charge in [-0.2, -0.15) is 0 Å². The number of aliphatic hydroxyl groups is 1. The van der Waals surface area contributed by atoms with E-state index in [4.69, 9.17) is 20.9 Å². The minimum absolute atomic E-state index is 0.0262. The molecule has 16 N–H and O–H groups in total. The van der Waals surface area contributed by atoms with E-state index in [9.17, 15) is 72.5 Å². The smallest absolute Gasteiger partial charge is 0.326 e. The number of para-hydroxylation sites is 1. The summed E-state index contributed by atoms with van der Waals surface area (Å²) in [5, 5.41) is 47.9. The van der Waals surface area contributed by atoms with Crippen LogP contribution < -0.4 is 59.3 Å². The molecular weight excluding hydrogens is 1340 g/mol. The molecule has 1 saturated heterocycles. The number of aromatic nitrogens is 6. The molecule has 9 rings (SSSR count). The number of rotatable bonds is 16. The van der Waals surface area contributed by atoms with Gasteiger partial charge in [0.05, 0.1) is 35.8 Å². The number of aliphatic carboxylic acids is 1. The molecule has 1 fully saturated rings. The molecule has 0 radical (unpaired) electrons. The van der Waals surface area contributed by atoms with E-state index in [1.54, 1.807) is 30.5 Å². The van der Waals surface area contributed by atoms with Crippen molar-refractivity contribution in [3.05, 3.63) is 122 Å². The quantitative estimate of drug-likeness (QED) is 0.0599. The second kappa shape index (κ2) is 31.4. The van der Waals surface area contributed by atoms with E-state index in [1.165, 1.54) is 42.1 Å². The Morgan fingerprint density at radius 2 is 1.47 bits per heavy atom. The van der Waals surface area contributed by atoms with Gasteiger partial charge in [0.25, 0.3) is 23.6 Å². The number of benzene rings is 1. The van der Waals surface area contributed by atoms with Crippen LogP contribution >= 0.6 is 34.0 Å². The molecule has 512 valence electrons. The number of nitrogens with one attached hydrogen (secondary N) is 10. The predicted molar refractivity (Wildman–Crippen MR) is 350 cm³/mol. The van der Waals surface area contributed by atoms with Crippen LogP contribution in [0, 0.1) is 0 Å². The van der Waals surface area contributed by atoms with Crippen LogP contribution in [0.1, 0.15) is 122 Å². The maximum absolute atomic E-state index is 14.9. The Bertz CT molecular complexity index is 4340. The zero-order valence-corrected chi connectivity index (χ0v) is 54.5. The number of hydrogen-bond donors (Lipinski definition) is 14. The SMILES string of the molecule is C=C1NC(=O)C(C)NC(=O)C(CCC(N)=O)NC(=O)c2csc(n2)C(=C)NC(=O)c2csc(n2)C(CO)NC(=O)CNC(=O)C(Cc2c[nH]c3ccccc23)NC(=O)c2ccc(-c3nc(C(=O)NC(C)C(=O)NC(CCC(N)=O)C(=O)N4CCCC4C(=O)O)cs3)nc2-c2coc1n2. The van der Waals surface area contributed by atoms with E-state index in [0.717, 1.165) is 45.2 Å². The Morgan fingerprint density at radius 1 is 0.745 bits per heavy atom. The normalized spacial score (nSPS) is 19.2. The number of carboxylic acids is 1. The third kappa shape index (κ3) is 17.3. The first-order valence-electron chi connectivity index (χ1n) is 30.0. The zero-order valence-electron chi connectivity index (χ0n) is 52.1. The molecule has 12 amide bonds. The van der Waals surface area contributed by atoms with Crippen LogP contribution in [0.3, 0.4) is 0 Å². The number of fused-ring (bicyclic) bond motifs is 9. The number of carboxylic acid groups (broad SMARTS) is 1. The summed E-state index contributed by atoms with van der Waals surface area (Å²) in [4.78, 5) is 200. The summed E-state index contributed by atoms with van der Waals surface area (Å²) in [6.07, 6.45) is 1.82. The molecule has 37 heteroatoms. The summed E-state index contributed by atoms with van der Waals surface area (Å²) in [7, 11) is 0. The second-order valence-corrected chi connectivity index (χ2v) is 24.9. The molecule has 7 unspecified atom stereocenters. The van der Waals surface area contributed by atoms with Gasteiger partial charge < -0.3 is 83.8 Å². The van der Waals surface area contributed by atoms with Crippen molar-refractivity contribution in [1.82, 2.24) is 82.7 Å². The summed E-state index contributed by atoms with van der Waals surface area (Å²) < 4.78 is 5.77. The maximum atomic E-state index is 14.9. The fraction of sp³-hybridized carbons (Fsp3) is 0.311. The number of carbonyl (C=O) groups is 13. The minimum Gasteiger partial charge on any atom is -0.480 e. The van der Waals surface area contributed by atoms with Crippen LogP contribution in [-0.4, -0.2) is 178 Å². The lowest BCUT2D eigenvalue weighted by Gasteiger charge is -2.28. The monoisotopic (exact) mass is 1400 g/mol. The fourth-order valence-electron chi connectivity index (χ4n) is 10.1. The van der Waals surface area contributed by atoms with E-state index in [2.05, 4.69) is 85.9 Å². The van der Waals surface area contributed by atoms with E-state index < -0.39 is 132 Å². The molecule has 34 nitrogen and oxygen atoms in total. The van der Waals surface area contributed by atoms with Gasteiger partial charge in [-0.3, -0.25) is 57.5 Å². The van der Waals surface area contributed by atoms with Crippen LogP contribution in [0.15, 0.2) is 82.6 Å². The average Bonchev–Trinajstić information content (AvgIpc) is 1.53. The largest absolute Gasteiger partial charge is 0.480 e. The molecule has 7 atom stereocenters. The zero-order chi connectivity index (χ0) is 70.6. The first kappa shape index (κ1) is 70.9. The Labute approximate surface area is 566 Å². The number of thiazole rings is 3. The third-order valence-corrected chi connectivity index (χ3v) is 18.0. The second-order valence-electron chi connectivity index (χ2n) is 22.3. The highest BCUT2D eigenvalue weighted by Gasteiger charge is 2.39. The van der Waals surface area contributed by atoms with Gasteiger partial charge in [-0.1, -0.05) is 31.4 Å². The lowest BCUT2D eigenvalue weighted by atomic mass is 10.0. The summed E-state index contributed by atoms with van der Waals surface area (Å²) >= 11 is 2.72. The molecule has 7 aromatic rings. The third-order valence-electron chi connectivity index (χ3n) is 15.3. The van der Waals surface area contributed by atoms with E-state index in [1.807, 2.05) is 0 Å². The van der Waals surface area contributed by atoms with Gasteiger partial charge in [-0.25, -0.2) is 29.7 Å². The van der Waals surface area contributed by atoms with Gasteiger partial charge in [-0.05, 0) is 63.3 Å². The number of aliphatic hydroxyl groups excluding tert-OH is 1. The highest BCUT2D eigenvalue weighted by atomic mass is 32.1. The van der Waals surface area contributed by atoms with E-state index in [-0.39, 0.29) is 117 Å². The molecule has 0 saturated carbocycles. The number of aromatic amines is 1. The summed E-state index contributed by atoms with van der Waals surface area (Å²) in [5.41, 5.74) is 10.4. The molecule has 0 spiro atoms. The lowest BCUT2D eigenvalue weighted by molar-refractivity contribution is -0.149. The molecule has 1 aromatic carbocycles. The number of nitrogens with zero attached hydrogens (tertiary/aromatic N) is 6. The highest BCUT2D eigenvalue weighted by molar-refractivity contribution is 7.13. The molecular formula is C61H64N18O16S3. The highest BCUT2D eigenvalue weighted by Crippen LogP contribution is 2.30. The Kier molecular flexibility index (Phi) is 22.7. The molecule has 2 aliphatic rings. The van der Waals surface area contributed by atoms with E-state index >= 15 is 0 Å². The number of carbonyl (C=O) groups excluding carboxylic acids is 12. The van der Waals surface area contributed by atoms with Crippen LogP contribution in [0.5, 0.6) is 0 Å². The molecule has 8 heterocycles. The average molecular weight is 1400 g/mol. The molecule has 98 heavy (non-hydrogen) atoms. The van der Waals surface area contributed by atoms with Crippen molar-refractivity contribution >= 4 is 133 Å². The number of hydrogen-bond acceptors (Lipinski definition) is 23. The molecule has 0 aliphatic carbocycles. The Hall–Kier alpha value is -11.4. The van der Waals surface area contributed by atoms with Crippen molar-refractivity contribution in [1.29, 1.82) is 0 Å². The van der Waals surface area contributed by atoms with Crippen molar-refractivity contribution < 1.29 is 77.0 Å². The number of primary amides is 2. The molecule has 6 aromatic heterocycles. The van der Waals surface area contributed by atoms with Crippen molar-refractivity contribution in [3.63, 3.8) is 0 Å². The van der Waals surface area contributed by atoms with Crippen molar-refractivity contribution in [3.8, 4) is 22.1 Å². The first-order valence-corrected chi connectivity index (χ1v) is 32.6. The maximum Gasteiger partial charge on any atom is 0.326 e. The van der Waals surface area contributed by atoms with E-state index in [0.29, 0.717) is 22.9 Å². The Balaban J connectivity index is 1.02. The first-order chi connectivity index (χ1) is 46.7. The number of pyridine rings is 1. The number of oxazole rings is 1.